The smallest absolute Gasteiger partial charge is 0.225 e. The molecule has 0 saturated heterocycles. The van der Waals surface area contributed by atoms with Crippen LogP contribution in [0.5, 0.6) is 0 Å². The van der Waals surface area contributed by atoms with Crippen LogP contribution in [0.15, 0.2) is 17.9 Å². The molecule has 2 N–H and O–H groups in total. The zero-order valence-corrected chi connectivity index (χ0v) is 10.0. The van der Waals surface area contributed by atoms with Gasteiger partial charge in [0.15, 0.2) is 0 Å². The molecule has 0 aliphatic carbocycles. The first-order chi connectivity index (χ1) is 7.66. The van der Waals surface area contributed by atoms with Crippen molar-refractivity contribution in [1.82, 2.24) is 15.0 Å². The number of anilines is 2. The van der Waals surface area contributed by atoms with Crippen molar-refractivity contribution in [2.45, 2.75) is 13.5 Å². The SMILES string of the molecule is Cc1ncsc1CN(C)c1ncc(N)cn1. The molecular formula is C10H13N5S. The zero-order valence-electron chi connectivity index (χ0n) is 9.21. The minimum atomic E-state index is 0.575. The van der Waals surface area contributed by atoms with Crippen molar-refractivity contribution >= 4 is 23.0 Å². The van der Waals surface area contributed by atoms with Crippen LogP contribution in [-0.4, -0.2) is 22.0 Å². The van der Waals surface area contributed by atoms with Gasteiger partial charge in [0, 0.05) is 11.9 Å². The molecule has 0 unspecified atom stereocenters. The van der Waals surface area contributed by atoms with Crippen molar-refractivity contribution in [2.75, 3.05) is 17.7 Å². The highest BCUT2D eigenvalue weighted by atomic mass is 32.1. The van der Waals surface area contributed by atoms with Gasteiger partial charge in [0.1, 0.15) is 0 Å². The molecule has 0 amide bonds. The summed E-state index contributed by atoms with van der Waals surface area (Å²) in [5.74, 6) is 0.669. The largest absolute Gasteiger partial charge is 0.396 e. The van der Waals surface area contributed by atoms with Gasteiger partial charge in [-0.3, -0.25) is 0 Å². The molecular weight excluding hydrogens is 222 g/mol. The molecule has 2 rings (SSSR count). The van der Waals surface area contributed by atoms with Crippen LogP contribution in [0.3, 0.4) is 0 Å². The number of hydrogen-bond donors (Lipinski definition) is 1. The Morgan fingerprint density at radius 3 is 2.56 bits per heavy atom. The van der Waals surface area contributed by atoms with Crippen molar-refractivity contribution in [3.8, 4) is 0 Å². The lowest BCUT2D eigenvalue weighted by Gasteiger charge is -2.15. The van der Waals surface area contributed by atoms with Gasteiger partial charge in [-0.25, -0.2) is 15.0 Å². The average molecular weight is 235 g/mol. The fraction of sp³-hybridized carbons (Fsp3) is 0.300. The van der Waals surface area contributed by atoms with E-state index in [0.717, 1.165) is 12.2 Å². The fourth-order valence-corrected chi connectivity index (χ4v) is 2.12. The Hall–Kier alpha value is -1.69. The van der Waals surface area contributed by atoms with Gasteiger partial charge in [-0.2, -0.15) is 0 Å². The molecule has 2 aromatic heterocycles. The summed E-state index contributed by atoms with van der Waals surface area (Å²) in [6.45, 7) is 2.77. The molecule has 0 saturated carbocycles. The molecule has 0 fully saturated rings. The van der Waals surface area contributed by atoms with E-state index in [9.17, 15) is 0 Å². The third-order valence-electron chi connectivity index (χ3n) is 2.23. The van der Waals surface area contributed by atoms with E-state index in [1.807, 2.05) is 24.4 Å². The lowest BCUT2D eigenvalue weighted by Crippen LogP contribution is -2.18. The molecule has 0 radical (unpaired) electrons. The predicted octanol–water partition coefficient (Wildman–Crippen LogP) is 1.46. The molecule has 0 atom stereocenters. The number of aromatic nitrogens is 3. The summed E-state index contributed by atoms with van der Waals surface area (Å²) < 4.78 is 0. The fourth-order valence-electron chi connectivity index (χ4n) is 1.29. The number of thiazole rings is 1. The van der Waals surface area contributed by atoms with Gasteiger partial charge in [-0.1, -0.05) is 0 Å². The Kier molecular flexibility index (Phi) is 3.00. The molecule has 5 nitrogen and oxygen atoms in total. The van der Waals surface area contributed by atoms with Crippen molar-refractivity contribution in [1.29, 1.82) is 0 Å². The molecule has 16 heavy (non-hydrogen) atoms. The van der Waals surface area contributed by atoms with Crippen LogP contribution >= 0.6 is 11.3 Å². The van der Waals surface area contributed by atoms with Crippen LogP contribution in [0.2, 0.25) is 0 Å². The molecule has 0 aliphatic heterocycles. The molecule has 2 heterocycles. The van der Waals surface area contributed by atoms with Crippen molar-refractivity contribution < 1.29 is 0 Å². The van der Waals surface area contributed by atoms with Crippen molar-refractivity contribution in [3.63, 3.8) is 0 Å². The van der Waals surface area contributed by atoms with Crippen LogP contribution in [0, 0.1) is 6.92 Å². The van der Waals surface area contributed by atoms with Gasteiger partial charge in [-0.15, -0.1) is 11.3 Å². The summed E-state index contributed by atoms with van der Waals surface area (Å²) in [4.78, 5) is 15.7. The first kappa shape index (κ1) is 10.8. The second-order valence-corrected chi connectivity index (χ2v) is 4.47. The second kappa shape index (κ2) is 4.44. The van der Waals surface area contributed by atoms with E-state index in [-0.39, 0.29) is 0 Å². The number of nitrogens with two attached hydrogens (primary N) is 1. The Morgan fingerprint density at radius 1 is 1.31 bits per heavy atom. The van der Waals surface area contributed by atoms with Gasteiger partial charge in [-0.05, 0) is 6.92 Å². The van der Waals surface area contributed by atoms with Gasteiger partial charge in [0.25, 0.3) is 0 Å². The molecule has 84 valence electrons. The normalized spacial score (nSPS) is 10.4. The molecule has 0 aliphatic rings. The number of hydrogen-bond acceptors (Lipinski definition) is 6. The van der Waals surface area contributed by atoms with Gasteiger partial charge < -0.3 is 10.6 Å². The summed E-state index contributed by atoms with van der Waals surface area (Å²) in [5, 5.41) is 0. The second-order valence-electron chi connectivity index (χ2n) is 3.53. The number of nitrogens with zero attached hydrogens (tertiary/aromatic N) is 4. The van der Waals surface area contributed by atoms with Crippen LogP contribution in [0.4, 0.5) is 11.6 Å². The Morgan fingerprint density at radius 2 is 2.00 bits per heavy atom. The highest BCUT2D eigenvalue weighted by Gasteiger charge is 2.08. The third kappa shape index (κ3) is 2.27. The van der Waals surface area contributed by atoms with Crippen molar-refractivity contribution in [3.05, 3.63) is 28.5 Å². The van der Waals surface area contributed by atoms with Crippen LogP contribution in [0.1, 0.15) is 10.6 Å². The van der Waals surface area contributed by atoms with E-state index in [1.165, 1.54) is 4.88 Å². The monoisotopic (exact) mass is 235 g/mol. The average Bonchev–Trinajstić information content (AvgIpc) is 2.65. The standard InChI is InChI=1S/C10H13N5S/c1-7-9(16-6-14-7)5-15(2)10-12-3-8(11)4-13-10/h3-4,6H,5,11H2,1-2H3. The molecule has 6 heteroatoms. The van der Waals surface area contributed by atoms with E-state index >= 15 is 0 Å². The van der Waals surface area contributed by atoms with E-state index in [1.54, 1.807) is 23.7 Å². The van der Waals surface area contributed by atoms with E-state index in [4.69, 9.17) is 5.73 Å². The third-order valence-corrected chi connectivity index (χ3v) is 3.15. The maximum atomic E-state index is 5.54. The number of nitrogen functional groups attached to an aromatic ring is 1. The maximum Gasteiger partial charge on any atom is 0.225 e. The van der Waals surface area contributed by atoms with E-state index in [0.29, 0.717) is 11.6 Å². The molecule has 0 bridgehead atoms. The first-order valence-electron chi connectivity index (χ1n) is 4.84. The van der Waals surface area contributed by atoms with Crippen LogP contribution < -0.4 is 10.6 Å². The minimum Gasteiger partial charge on any atom is -0.396 e. The van der Waals surface area contributed by atoms with E-state index < -0.39 is 0 Å². The summed E-state index contributed by atoms with van der Waals surface area (Å²) in [6, 6.07) is 0. The minimum absolute atomic E-state index is 0.575. The van der Waals surface area contributed by atoms with E-state index in [2.05, 4.69) is 15.0 Å². The van der Waals surface area contributed by atoms with Crippen LogP contribution in [0.25, 0.3) is 0 Å². The summed E-state index contributed by atoms with van der Waals surface area (Å²) >= 11 is 1.64. The van der Waals surface area contributed by atoms with Crippen molar-refractivity contribution in [2.24, 2.45) is 0 Å². The quantitative estimate of drug-likeness (QED) is 0.872. The Bertz CT molecular complexity index is 464. The molecule has 2 aromatic rings. The van der Waals surface area contributed by atoms with Gasteiger partial charge >= 0.3 is 0 Å². The van der Waals surface area contributed by atoms with Crippen LogP contribution in [-0.2, 0) is 6.54 Å². The number of aryl methyl sites for hydroxylation is 1. The summed E-state index contributed by atoms with van der Waals surface area (Å²) in [6.07, 6.45) is 3.22. The zero-order chi connectivity index (χ0) is 11.5. The maximum absolute atomic E-state index is 5.54. The van der Waals surface area contributed by atoms with Gasteiger partial charge in [0.05, 0.1) is 35.8 Å². The summed E-state index contributed by atoms with van der Waals surface area (Å²) in [5.41, 5.74) is 9.02. The lowest BCUT2D eigenvalue weighted by atomic mass is 10.4. The Balaban J connectivity index is 2.11. The lowest BCUT2D eigenvalue weighted by molar-refractivity contribution is 0.871. The Labute approximate surface area is 98.0 Å². The number of rotatable bonds is 3. The highest BCUT2D eigenvalue weighted by Crippen LogP contribution is 2.16. The van der Waals surface area contributed by atoms with Gasteiger partial charge in [0.2, 0.25) is 5.95 Å². The first-order valence-corrected chi connectivity index (χ1v) is 5.72. The molecule has 0 aromatic carbocycles. The molecule has 0 spiro atoms. The predicted molar refractivity (Wildman–Crippen MR) is 65.4 cm³/mol. The highest BCUT2D eigenvalue weighted by molar-refractivity contribution is 7.09. The summed E-state index contributed by atoms with van der Waals surface area (Å²) in [7, 11) is 1.95. The topological polar surface area (TPSA) is 67.9 Å².